The molecular formula is C4H10NP. The van der Waals surface area contributed by atoms with Gasteiger partial charge in [-0.15, -0.1) is 0 Å². The molecule has 0 aromatic heterocycles. The van der Waals surface area contributed by atoms with Gasteiger partial charge in [0.25, 0.3) is 0 Å². The molecule has 0 radical (unpaired) electrons. The molecule has 0 aromatic carbocycles. The molecule has 0 aromatic rings. The van der Waals surface area contributed by atoms with Gasteiger partial charge in [-0.05, 0) is 13.1 Å². The lowest BCUT2D eigenvalue weighted by molar-refractivity contribution is 1.50. The Bertz CT molecular complexity index is 51.5. The normalized spacial score (nSPS) is 10.3. The van der Waals surface area contributed by atoms with Crippen molar-refractivity contribution >= 4 is 14.0 Å². The highest BCUT2D eigenvalue weighted by Crippen LogP contribution is 2.07. The summed E-state index contributed by atoms with van der Waals surface area (Å²) in [4.78, 5) is 0. The highest BCUT2D eigenvalue weighted by molar-refractivity contribution is 7.57. The fraction of sp³-hybridized carbons (Fsp3) is 0.750. The maximum absolute atomic E-state index is 6.91. The van der Waals surface area contributed by atoms with Gasteiger partial charge < -0.3 is 5.41 Å². The lowest BCUT2D eigenvalue weighted by atomic mass is 10.9. The van der Waals surface area contributed by atoms with Crippen molar-refractivity contribution in [2.75, 3.05) is 6.16 Å². The summed E-state index contributed by atoms with van der Waals surface area (Å²) in [5.41, 5.74) is 0.817. The molecule has 0 saturated heterocycles. The van der Waals surface area contributed by atoms with Crippen LogP contribution in [0.15, 0.2) is 0 Å². The summed E-state index contributed by atoms with van der Waals surface area (Å²) in [6, 6.07) is 0. The van der Waals surface area contributed by atoms with Crippen LogP contribution in [0.3, 0.4) is 0 Å². The number of nitrogens with one attached hydrogen (secondary N) is 1. The average molecular weight is 103 g/mol. The number of rotatable bonds is 2. The van der Waals surface area contributed by atoms with Crippen LogP contribution in [-0.4, -0.2) is 11.6 Å². The van der Waals surface area contributed by atoms with Gasteiger partial charge >= 0.3 is 0 Å². The lowest BCUT2D eigenvalue weighted by Crippen LogP contribution is -1.72. The first-order chi connectivity index (χ1) is 2.77. The first-order valence-electron chi connectivity index (χ1n) is 2.06. The Morgan fingerprint density at radius 3 is 2.33 bits per heavy atom. The van der Waals surface area contributed by atoms with E-state index in [0.29, 0.717) is 0 Å². The molecule has 6 heavy (non-hydrogen) atoms. The predicted molar refractivity (Wildman–Crippen MR) is 32.3 cm³/mol. The first kappa shape index (κ1) is 6.10. The van der Waals surface area contributed by atoms with Crippen molar-refractivity contribution in [2.45, 2.75) is 13.8 Å². The molecule has 0 fully saturated rings. The Kier molecular flexibility index (Phi) is 3.35. The molecule has 36 valence electrons. The molecule has 0 aliphatic rings. The first-order valence-corrected chi connectivity index (χ1v) is 3.27. The zero-order valence-corrected chi connectivity index (χ0v) is 5.21. The van der Waals surface area contributed by atoms with Crippen LogP contribution in [-0.2, 0) is 0 Å². The van der Waals surface area contributed by atoms with Crippen molar-refractivity contribution in [1.82, 2.24) is 0 Å². The molecule has 0 aliphatic carbocycles. The monoisotopic (exact) mass is 103 g/mol. The maximum atomic E-state index is 6.91. The Balaban J connectivity index is 2.83. The van der Waals surface area contributed by atoms with Crippen LogP contribution in [0.25, 0.3) is 0 Å². The highest BCUT2D eigenvalue weighted by atomic mass is 31.1. The van der Waals surface area contributed by atoms with E-state index in [1.807, 2.05) is 6.92 Å². The lowest BCUT2D eigenvalue weighted by Gasteiger charge is -1.85. The third-order valence-corrected chi connectivity index (χ3v) is 1.33. The maximum Gasteiger partial charge on any atom is 0.0257 e. The molecule has 0 saturated carbocycles. The van der Waals surface area contributed by atoms with E-state index in [9.17, 15) is 0 Å². The summed E-state index contributed by atoms with van der Waals surface area (Å²) in [5.74, 6) is 0. The largest absolute Gasteiger partial charge is 0.306 e. The molecule has 0 spiro atoms. The molecule has 1 atom stereocenters. The molecule has 1 unspecified atom stereocenters. The van der Waals surface area contributed by atoms with Crippen LogP contribution >= 0.6 is 8.58 Å². The van der Waals surface area contributed by atoms with Crippen molar-refractivity contribution < 1.29 is 0 Å². The second kappa shape index (κ2) is 3.30. The minimum Gasteiger partial charge on any atom is -0.306 e. The van der Waals surface area contributed by atoms with Crippen molar-refractivity contribution in [3.8, 4) is 0 Å². The van der Waals surface area contributed by atoms with E-state index in [1.165, 1.54) is 0 Å². The van der Waals surface area contributed by atoms with Gasteiger partial charge in [0.1, 0.15) is 0 Å². The third-order valence-electron chi connectivity index (χ3n) is 0.442. The predicted octanol–water partition coefficient (Wildman–Crippen LogP) is 1.68. The quantitative estimate of drug-likeness (QED) is 0.406. The molecule has 2 heteroatoms. The molecule has 0 amide bonds. The Morgan fingerprint density at radius 2 is 2.33 bits per heavy atom. The molecule has 1 nitrogen and oxygen atoms in total. The van der Waals surface area contributed by atoms with Crippen molar-refractivity contribution in [3.05, 3.63) is 0 Å². The van der Waals surface area contributed by atoms with Crippen LogP contribution < -0.4 is 0 Å². The minimum absolute atomic E-state index is 0.755. The van der Waals surface area contributed by atoms with E-state index in [1.54, 1.807) is 0 Å². The summed E-state index contributed by atoms with van der Waals surface area (Å²) in [6.07, 6.45) is 1.13. The molecule has 0 bridgehead atoms. The summed E-state index contributed by atoms with van der Waals surface area (Å²) in [7, 11) is 0.755. The van der Waals surface area contributed by atoms with Gasteiger partial charge in [-0.25, -0.2) is 0 Å². The van der Waals surface area contributed by atoms with Gasteiger partial charge in [0.2, 0.25) is 0 Å². The topological polar surface area (TPSA) is 23.9 Å². The van der Waals surface area contributed by atoms with Crippen LogP contribution in [0.2, 0.25) is 0 Å². The number of hydrogen-bond donors (Lipinski definition) is 1. The van der Waals surface area contributed by atoms with Crippen molar-refractivity contribution in [2.24, 2.45) is 0 Å². The summed E-state index contributed by atoms with van der Waals surface area (Å²) in [5, 5.41) is 6.91. The van der Waals surface area contributed by atoms with E-state index in [0.717, 1.165) is 20.2 Å². The van der Waals surface area contributed by atoms with Gasteiger partial charge in [0.15, 0.2) is 0 Å². The Labute approximate surface area is 40.4 Å². The van der Waals surface area contributed by atoms with Crippen LogP contribution in [0.1, 0.15) is 13.8 Å². The zero-order valence-electron chi connectivity index (χ0n) is 4.21. The summed E-state index contributed by atoms with van der Waals surface area (Å²) >= 11 is 0. The van der Waals surface area contributed by atoms with Gasteiger partial charge in [-0.3, -0.25) is 0 Å². The summed E-state index contributed by atoms with van der Waals surface area (Å²) < 4.78 is 0. The van der Waals surface area contributed by atoms with E-state index >= 15 is 0 Å². The van der Waals surface area contributed by atoms with Gasteiger partial charge in [-0.1, -0.05) is 15.5 Å². The smallest absolute Gasteiger partial charge is 0.0257 e. The van der Waals surface area contributed by atoms with E-state index < -0.39 is 0 Å². The van der Waals surface area contributed by atoms with E-state index in [2.05, 4.69) is 6.92 Å². The van der Waals surface area contributed by atoms with Crippen LogP contribution in [0, 0.1) is 5.41 Å². The van der Waals surface area contributed by atoms with Gasteiger partial charge in [-0.2, -0.15) is 0 Å². The second-order valence-corrected chi connectivity index (χ2v) is 2.97. The molecule has 1 N–H and O–H groups in total. The van der Waals surface area contributed by atoms with E-state index in [4.69, 9.17) is 5.41 Å². The van der Waals surface area contributed by atoms with Crippen molar-refractivity contribution in [3.63, 3.8) is 0 Å². The second-order valence-electron chi connectivity index (χ2n) is 1.16. The molecule has 0 aliphatic heterocycles. The number of hydrogen-bond acceptors (Lipinski definition) is 1. The zero-order chi connectivity index (χ0) is 4.99. The molecule has 0 heterocycles. The molecule has 0 rings (SSSR count). The highest BCUT2D eigenvalue weighted by Gasteiger charge is 1.77. The van der Waals surface area contributed by atoms with Crippen LogP contribution in [0.4, 0.5) is 0 Å². The third kappa shape index (κ3) is 4.10. The van der Waals surface area contributed by atoms with Crippen LogP contribution in [0.5, 0.6) is 0 Å². The Morgan fingerprint density at radius 1 is 1.83 bits per heavy atom. The SMILES string of the molecule is CCPC(C)=N. The fourth-order valence-electron chi connectivity index (χ4n) is 0.265. The standard InChI is InChI=1S/C4H10NP/c1-3-6-4(2)5/h5-6H,3H2,1-2H3. The molecular weight excluding hydrogens is 93.0 g/mol. The van der Waals surface area contributed by atoms with Gasteiger partial charge in [0.05, 0.1) is 0 Å². The van der Waals surface area contributed by atoms with E-state index in [-0.39, 0.29) is 0 Å². The minimum atomic E-state index is 0.755. The van der Waals surface area contributed by atoms with Crippen molar-refractivity contribution in [1.29, 1.82) is 5.41 Å². The van der Waals surface area contributed by atoms with Gasteiger partial charge in [0, 0.05) is 5.45 Å². The average Bonchev–Trinajstić information content (AvgIpc) is 1.35. The fourth-order valence-corrected chi connectivity index (χ4v) is 0.795. The summed E-state index contributed by atoms with van der Waals surface area (Å²) in [6.45, 7) is 3.94. The Hall–Kier alpha value is 0.100.